The van der Waals surface area contributed by atoms with Gasteiger partial charge in [-0.05, 0) is 172 Å². The molecule has 0 aromatic heterocycles. The standard InChI is InChI=1S/C62H97N5O14/c1-38(39(2)50(72)51(78-43(6)69)41(4)49-46(77-42(5)68)34-60(17)47-23-22-44-40(3)45(70)24-25-61(44)37-62(47,61)27-26-59(49,60)16)35-67-48(71)36-66(53(67)74)33-21-32-65(55(76)81-58(13,14)15)30-19-18-29-64(54(75)80-57(10,11)12)31-20-28-63-52(73)79-56(7,8)9/h24-25,38,40-41,44,46-47,49,51H,2,18-23,26-37H2,1,3-17H3,(H,63,73)/t38-,40-,41-,44-,46-,47-,49-,51+,59+,60-,61+,62-/m0/s1. The van der Waals surface area contributed by atoms with Gasteiger partial charge in [0, 0.05) is 83.3 Å². The van der Waals surface area contributed by atoms with Gasteiger partial charge >= 0.3 is 36.2 Å². The maximum atomic E-state index is 14.9. The van der Waals surface area contributed by atoms with Gasteiger partial charge in [-0.25, -0.2) is 19.2 Å². The van der Waals surface area contributed by atoms with Gasteiger partial charge in [-0.1, -0.05) is 47.3 Å². The number of ether oxygens (including phenoxy) is 5. The number of nitrogens with zero attached hydrogens (tertiary/aromatic N) is 4. The molecule has 12 atom stereocenters. The lowest BCUT2D eigenvalue weighted by Gasteiger charge is -2.61. The fraction of sp³-hybridized carbons (Fsp3) is 0.790. The third kappa shape index (κ3) is 14.1. The Labute approximate surface area is 481 Å². The van der Waals surface area contributed by atoms with Crippen molar-refractivity contribution < 1.29 is 66.8 Å². The second kappa shape index (κ2) is 24.4. The lowest BCUT2D eigenvalue weighted by atomic mass is 9.43. The van der Waals surface area contributed by atoms with Crippen molar-refractivity contribution in [1.29, 1.82) is 0 Å². The Kier molecular flexibility index (Phi) is 19.5. The zero-order valence-electron chi connectivity index (χ0n) is 51.7. The lowest BCUT2D eigenvalue weighted by molar-refractivity contribution is -0.166. The van der Waals surface area contributed by atoms with Gasteiger partial charge in [0.25, 0.3) is 0 Å². The highest BCUT2D eigenvalue weighted by Gasteiger charge is 2.82. The van der Waals surface area contributed by atoms with Gasteiger partial charge in [0.1, 0.15) is 29.5 Å². The number of carbonyl (C=O) groups is 9. The molecule has 81 heavy (non-hydrogen) atoms. The zero-order chi connectivity index (χ0) is 60.6. The molecule has 4 saturated carbocycles. The summed E-state index contributed by atoms with van der Waals surface area (Å²) in [6.45, 7) is 34.3. The van der Waals surface area contributed by atoms with E-state index in [-0.39, 0.29) is 84.6 Å². The van der Waals surface area contributed by atoms with Crippen LogP contribution in [0.4, 0.5) is 19.2 Å². The fourth-order valence-electron chi connectivity index (χ4n) is 15.2. The first kappa shape index (κ1) is 64.7. The van der Waals surface area contributed by atoms with Crippen LogP contribution in [0, 0.1) is 57.2 Å². The third-order valence-corrected chi connectivity index (χ3v) is 19.0. The van der Waals surface area contributed by atoms with Crippen molar-refractivity contribution in [3.63, 3.8) is 0 Å². The average molecular weight is 1140 g/mol. The topological polar surface area (TPSA) is 225 Å². The molecular weight excluding hydrogens is 1040 g/mol. The first-order valence-corrected chi connectivity index (χ1v) is 29.7. The number of nitrogens with one attached hydrogen (secondary N) is 1. The van der Waals surface area contributed by atoms with E-state index in [0.29, 0.717) is 51.1 Å². The minimum Gasteiger partial charge on any atom is -0.462 e. The molecular formula is C62H97N5O14. The maximum Gasteiger partial charge on any atom is 0.410 e. The summed E-state index contributed by atoms with van der Waals surface area (Å²) >= 11 is 0. The molecule has 0 aromatic carbocycles. The van der Waals surface area contributed by atoms with E-state index in [9.17, 15) is 43.2 Å². The van der Waals surface area contributed by atoms with Crippen molar-refractivity contribution in [2.24, 2.45) is 57.2 Å². The number of rotatable bonds is 22. The summed E-state index contributed by atoms with van der Waals surface area (Å²) in [5.74, 6) is -2.99. The Balaban J connectivity index is 1.07. The minimum atomic E-state index is -1.29. The summed E-state index contributed by atoms with van der Waals surface area (Å²) in [7, 11) is 0. The molecule has 0 aromatic rings. The number of hydrogen-bond donors (Lipinski definition) is 1. The number of fused-ring (bicyclic) bond motifs is 2. The molecule has 454 valence electrons. The number of Topliss-reactive ketones (excluding diaryl/α,β-unsaturated/α-hetero) is 1. The van der Waals surface area contributed by atoms with Gasteiger partial charge in [0.05, 0.1) is 0 Å². The Hall–Kier alpha value is -5.49. The van der Waals surface area contributed by atoms with Crippen LogP contribution in [0.15, 0.2) is 24.3 Å². The number of esters is 2. The number of carbonyl (C=O) groups excluding carboxylic acids is 9. The van der Waals surface area contributed by atoms with Crippen molar-refractivity contribution in [3.8, 4) is 0 Å². The molecule has 1 aliphatic heterocycles. The molecule has 1 N–H and O–H groups in total. The number of amides is 6. The highest BCUT2D eigenvalue weighted by Crippen LogP contribution is 2.87. The second-order valence-corrected chi connectivity index (χ2v) is 28.0. The van der Waals surface area contributed by atoms with E-state index in [1.165, 1.54) is 18.7 Å². The van der Waals surface area contributed by atoms with E-state index in [0.717, 1.165) is 37.0 Å². The second-order valence-electron chi connectivity index (χ2n) is 28.0. The van der Waals surface area contributed by atoms with Crippen molar-refractivity contribution in [1.82, 2.24) is 24.9 Å². The molecule has 6 amide bonds. The van der Waals surface area contributed by atoms with E-state index in [4.69, 9.17) is 23.7 Å². The van der Waals surface area contributed by atoms with Gasteiger partial charge < -0.3 is 43.7 Å². The van der Waals surface area contributed by atoms with Gasteiger partial charge in [-0.3, -0.25) is 28.9 Å². The monoisotopic (exact) mass is 1140 g/mol. The summed E-state index contributed by atoms with van der Waals surface area (Å²) in [5, 5.41) is 2.72. The molecule has 6 aliphatic rings. The number of alkyl carbamates (subject to hydrolysis) is 1. The summed E-state index contributed by atoms with van der Waals surface area (Å²) in [6.07, 6.45) is 7.65. The molecule has 0 unspecified atom stereocenters. The van der Waals surface area contributed by atoms with Crippen molar-refractivity contribution in [2.45, 2.75) is 204 Å². The van der Waals surface area contributed by atoms with Crippen LogP contribution >= 0.6 is 0 Å². The highest BCUT2D eigenvalue weighted by atomic mass is 16.6. The molecule has 0 bridgehead atoms. The van der Waals surface area contributed by atoms with Gasteiger partial charge in [0.2, 0.25) is 5.91 Å². The summed E-state index contributed by atoms with van der Waals surface area (Å²) < 4.78 is 28.9. The summed E-state index contributed by atoms with van der Waals surface area (Å²) in [5.41, 5.74) is -2.80. The molecule has 1 heterocycles. The van der Waals surface area contributed by atoms with E-state index < -0.39 is 94.2 Å². The third-order valence-electron chi connectivity index (χ3n) is 19.0. The predicted molar refractivity (Wildman–Crippen MR) is 303 cm³/mol. The van der Waals surface area contributed by atoms with E-state index >= 15 is 0 Å². The zero-order valence-corrected chi connectivity index (χ0v) is 51.7. The quantitative estimate of drug-likeness (QED) is 0.0350. The normalized spacial score (nSPS) is 29.7. The SMILES string of the molecule is C=C(C(=O)[C@H](OC(C)=O)[C@@H](C)[C@H]1[C@@H](OC(C)=O)C[C@@]2(C)[C@@H]3CC[C@H]4[C@H](C)C(=O)C=C[C@@]45C[C@@]35CC[C@]12C)[C@@H](C)CN1C(=O)CN(CCCN(CCCCN(CCCNC(=O)OC(C)(C)C)C(=O)OC(C)(C)C)C(=O)OC(C)(C)C)C1=O. The Bertz CT molecular complexity index is 2470. The average Bonchev–Trinajstić information content (AvgIpc) is 2.16. The molecule has 6 rings (SSSR count). The lowest BCUT2D eigenvalue weighted by Crippen LogP contribution is -2.56. The Morgan fingerprint density at radius 2 is 1.35 bits per heavy atom. The number of ketones is 2. The highest BCUT2D eigenvalue weighted by molar-refractivity contribution is 6.03. The first-order chi connectivity index (χ1) is 37.4. The van der Waals surface area contributed by atoms with E-state index in [2.05, 4.69) is 38.7 Å². The van der Waals surface area contributed by atoms with E-state index in [1.54, 1.807) is 79.0 Å². The molecule has 19 nitrogen and oxygen atoms in total. The number of allylic oxidation sites excluding steroid dienone is 2. The minimum absolute atomic E-state index is 0.0224. The molecule has 5 fully saturated rings. The van der Waals surface area contributed by atoms with Crippen LogP contribution in [0.1, 0.15) is 175 Å². The number of urea groups is 1. The molecule has 1 saturated heterocycles. The Morgan fingerprint density at radius 1 is 0.778 bits per heavy atom. The van der Waals surface area contributed by atoms with Crippen LogP contribution in [0.5, 0.6) is 0 Å². The summed E-state index contributed by atoms with van der Waals surface area (Å²) in [6, 6.07) is -0.543. The van der Waals surface area contributed by atoms with Crippen molar-refractivity contribution in [3.05, 3.63) is 24.3 Å². The van der Waals surface area contributed by atoms with Crippen LogP contribution in [-0.2, 0) is 47.7 Å². The fourth-order valence-corrected chi connectivity index (χ4v) is 15.2. The Morgan fingerprint density at radius 3 is 1.90 bits per heavy atom. The smallest absolute Gasteiger partial charge is 0.410 e. The van der Waals surface area contributed by atoms with Crippen LogP contribution in [-0.4, -0.2) is 155 Å². The molecule has 2 spiro atoms. The van der Waals surface area contributed by atoms with Crippen LogP contribution in [0.25, 0.3) is 0 Å². The molecule has 0 radical (unpaired) electrons. The number of imide groups is 1. The summed E-state index contributed by atoms with van der Waals surface area (Å²) in [4.78, 5) is 126. The van der Waals surface area contributed by atoms with Crippen LogP contribution < -0.4 is 5.32 Å². The van der Waals surface area contributed by atoms with Crippen molar-refractivity contribution >= 4 is 53.7 Å². The number of unbranched alkanes of at least 4 members (excludes halogenated alkanes) is 1. The van der Waals surface area contributed by atoms with Gasteiger partial charge in [0.15, 0.2) is 17.7 Å². The maximum absolute atomic E-state index is 14.9. The largest absolute Gasteiger partial charge is 0.462 e. The van der Waals surface area contributed by atoms with Gasteiger partial charge in [-0.15, -0.1) is 0 Å². The van der Waals surface area contributed by atoms with E-state index in [1.807, 2.05) is 13.0 Å². The number of hydrogen-bond acceptors (Lipinski definition) is 14. The molecule has 19 heteroatoms. The first-order valence-electron chi connectivity index (χ1n) is 29.7. The van der Waals surface area contributed by atoms with Gasteiger partial charge in [-0.2, -0.15) is 0 Å². The van der Waals surface area contributed by atoms with Crippen LogP contribution in [0.2, 0.25) is 0 Å². The molecule has 5 aliphatic carbocycles. The van der Waals surface area contributed by atoms with Crippen LogP contribution in [0.3, 0.4) is 0 Å². The predicted octanol–water partition coefficient (Wildman–Crippen LogP) is 10.1. The van der Waals surface area contributed by atoms with Crippen molar-refractivity contribution in [2.75, 3.05) is 52.4 Å².